The fourth-order valence-corrected chi connectivity index (χ4v) is 7.88. The van der Waals surface area contributed by atoms with Crippen LogP contribution < -0.4 is 9.47 Å². The number of carbonyl (C=O) groups excluding carboxylic acids is 5. The normalized spacial score (nSPS) is 34.6. The van der Waals surface area contributed by atoms with Gasteiger partial charge in [-0.2, -0.15) is 0 Å². The van der Waals surface area contributed by atoms with Gasteiger partial charge in [0.25, 0.3) is 0 Å². The van der Waals surface area contributed by atoms with Crippen molar-refractivity contribution in [3.05, 3.63) is 35.4 Å². The molecule has 2 fully saturated rings. The fraction of sp³-hybridized carbons (Fsp3) is 0.594. The average Bonchev–Trinajstić information content (AvgIpc) is 3.37. The van der Waals surface area contributed by atoms with Gasteiger partial charge in [-0.3, -0.25) is 14.4 Å². The summed E-state index contributed by atoms with van der Waals surface area (Å²) in [5, 5.41) is 0. The zero-order valence-electron chi connectivity index (χ0n) is 26.8. The third-order valence-corrected chi connectivity index (χ3v) is 9.60. The summed E-state index contributed by atoms with van der Waals surface area (Å²) < 4.78 is 50.9. The quantitative estimate of drug-likeness (QED) is 0.178. The minimum atomic E-state index is -1.61. The number of hydrogen-bond acceptors (Lipinski definition) is 15. The molecular formula is C32H37NO14. The average molecular weight is 660 g/mol. The van der Waals surface area contributed by atoms with Gasteiger partial charge in [0.05, 0.1) is 14.2 Å². The summed E-state index contributed by atoms with van der Waals surface area (Å²) in [5.41, 5.74) is 1.38. The van der Waals surface area contributed by atoms with Crippen LogP contribution in [-0.2, 0) is 64.2 Å². The van der Waals surface area contributed by atoms with Crippen molar-refractivity contribution in [3.8, 4) is 11.5 Å². The number of hydrogen-bond donors (Lipinski definition) is 0. The highest BCUT2D eigenvalue weighted by atomic mass is 16.7. The molecule has 254 valence electrons. The Labute approximate surface area is 270 Å². The number of ether oxygens (including phenoxy) is 9. The first-order valence-corrected chi connectivity index (χ1v) is 15.3. The van der Waals surface area contributed by atoms with Gasteiger partial charge in [0.1, 0.15) is 12.2 Å². The SMILES string of the molecule is COC(=O)Oc1ccc2c3c1O[C@H]1[C@@H](O[C@H]4O[C@H](C(=O)OC)[C@@H](OC(C)=O)[C@H](OC(C)=O)[C@H]4OC(C)=O)C=C[C@H]4[C@@H](C2)N(C)CC[C@@]341. The van der Waals surface area contributed by atoms with Crippen molar-refractivity contribution in [1.29, 1.82) is 0 Å². The van der Waals surface area contributed by atoms with Crippen molar-refractivity contribution in [2.24, 2.45) is 5.92 Å². The van der Waals surface area contributed by atoms with E-state index in [1.807, 2.05) is 12.1 Å². The Kier molecular flexibility index (Phi) is 8.65. The lowest BCUT2D eigenvalue weighted by Gasteiger charge is -2.57. The zero-order chi connectivity index (χ0) is 33.8. The third kappa shape index (κ3) is 5.49. The Balaban J connectivity index is 1.41. The van der Waals surface area contributed by atoms with Crippen LogP contribution in [0.3, 0.4) is 0 Å². The van der Waals surface area contributed by atoms with Crippen molar-refractivity contribution in [2.75, 3.05) is 27.8 Å². The highest BCUT2D eigenvalue weighted by molar-refractivity contribution is 5.77. The van der Waals surface area contributed by atoms with Gasteiger partial charge in [-0.15, -0.1) is 0 Å². The van der Waals surface area contributed by atoms with E-state index in [1.165, 1.54) is 7.11 Å². The van der Waals surface area contributed by atoms with E-state index in [2.05, 4.69) is 18.0 Å². The summed E-state index contributed by atoms with van der Waals surface area (Å²) in [6, 6.07) is 3.76. The van der Waals surface area contributed by atoms with Crippen molar-refractivity contribution >= 4 is 30.0 Å². The number of benzene rings is 1. The molecule has 3 heterocycles. The van der Waals surface area contributed by atoms with Gasteiger partial charge in [-0.05, 0) is 38.1 Å². The van der Waals surface area contributed by atoms with Crippen LogP contribution in [-0.4, -0.2) is 112 Å². The van der Waals surface area contributed by atoms with Crippen LogP contribution in [0.15, 0.2) is 24.3 Å². The topological polar surface area (TPSA) is 172 Å². The van der Waals surface area contributed by atoms with E-state index in [9.17, 15) is 24.0 Å². The van der Waals surface area contributed by atoms with E-state index >= 15 is 0 Å². The second-order valence-electron chi connectivity index (χ2n) is 12.2. The maximum Gasteiger partial charge on any atom is 0.513 e. The van der Waals surface area contributed by atoms with Gasteiger partial charge >= 0.3 is 30.0 Å². The Morgan fingerprint density at radius 2 is 1.57 bits per heavy atom. The van der Waals surface area contributed by atoms with Crippen LogP contribution >= 0.6 is 0 Å². The lowest BCUT2D eigenvalue weighted by molar-refractivity contribution is -0.313. The Morgan fingerprint density at radius 3 is 2.23 bits per heavy atom. The van der Waals surface area contributed by atoms with Crippen molar-refractivity contribution in [3.63, 3.8) is 0 Å². The molecule has 3 aliphatic heterocycles. The molecule has 5 aliphatic rings. The van der Waals surface area contributed by atoms with Gasteiger partial charge in [0.2, 0.25) is 6.29 Å². The highest BCUT2D eigenvalue weighted by Gasteiger charge is 2.66. The minimum absolute atomic E-state index is 0.00901. The summed E-state index contributed by atoms with van der Waals surface area (Å²) in [7, 11) is 4.41. The first kappa shape index (κ1) is 32.7. The Hall–Kier alpha value is -4.21. The van der Waals surface area contributed by atoms with E-state index in [-0.39, 0.29) is 17.7 Å². The molecule has 6 rings (SSSR count). The molecule has 1 aromatic rings. The molecule has 0 unspecified atom stereocenters. The smallest absolute Gasteiger partial charge is 0.482 e. The number of likely N-dealkylation sites (tertiary alicyclic amines) is 1. The van der Waals surface area contributed by atoms with E-state index in [0.717, 1.165) is 52.0 Å². The van der Waals surface area contributed by atoms with Crippen LogP contribution in [0.5, 0.6) is 11.5 Å². The summed E-state index contributed by atoms with van der Waals surface area (Å²) in [6.07, 6.45) is -4.76. The van der Waals surface area contributed by atoms with Crippen LogP contribution in [0.2, 0.25) is 0 Å². The predicted octanol–water partition coefficient (Wildman–Crippen LogP) is 1.36. The molecule has 2 bridgehead atoms. The largest absolute Gasteiger partial charge is 0.513 e. The molecule has 47 heavy (non-hydrogen) atoms. The first-order valence-electron chi connectivity index (χ1n) is 15.3. The lowest BCUT2D eigenvalue weighted by Crippen LogP contribution is -2.67. The highest BCUT2D eigenvalue weighted by Crippen LogP contribution is 2.63. The van der Waals surface area contributed by atoms with Crippen LogP contribution in [0.1, 0.15) is 38.3 Å². The van der Waals surface area contributed by atoms with Crippen LogP contribution in [0, 0.1) is 5.92 Å². The molecule has 15 heteroatoms. The Bertz CT molecular complexity index is 1510. The molecule has 2 saturated heterocycles. The summed E-state index contributed by atoms with van der Waals surface area (Å²) >= 11 is 0. The third-order valence-electron chi connectivity index (χ3n) is 9.60. The van der Waals surface area contributed by atoms with E-state index in [0.29, 0.717) is 12.2 Å². The molecule has 0 saturated carbocycles. The standard InChI is InChI=1S/C32H37NO14/c1-14(34)41-24-25(42-15(2)35)27(43-16(3)36)30(47-26(24)29(37)39-5)44-21-10-8-18-19-13-17-7-9-20(45-31(38)40-6)23-22(17)32(18,28(21)46-23)11-12-33(19)4/h7-10,18-19,21,24-28,30H,11-13H2,1-6H3/t18-,19+,21-,24-,25-,26-,27+,28-,30-,32-/m0/s1. The van der Waals surface area contributed by atoms with E-state index < -0.39 is 78.4 Å². The summed E-state index contributed by atoms with van der Waals surface area (Å²) in [4.78, 5) is 64.1. The predicted molar refractivity (Wildman–Crippen MR) is 155 cm³/mol. The molecule has 2 aliphatic carbocycles. The molecule has 0 N–H and O–H groups in total. The van der Waals surface area contributed by atoms with E-state index in [1.54, 1.807) is 6.07 Å². The molecular weight excluding hydrogens is 622 g/mol. The minimum Gasteiger partial charge on any atom is -0.482 e. The number of esters is 4. The van der Waals surface area contributed by atoms with Crippen LogP contribution in [0.4, 0.5) is 4.79 Å². The van der Waals surface area contributed by atoms with Gasteiger partial charge in [-0.25, -0.2) is 9.59 Å². The van der Waals surface area contributed by atoms with Gasteiger partial charge in [0, 0.05) is 43.7 Å². The molecule has 0 aromatic heterocycles. The number of methoxy groups -OCH3 is 2. The number of nitrogens with zero attached hydrogens (tertiary/aromatic N) is 1. The summed E-state index contributed by atoms with van der Waals surface area (Å²) in [6.45, 7) is 4.11. The van der Waals surface area contributed by atoms with Gasteiger partial charge < -0.3 is 47.5 Å². The lowest BCUT2D eigenvalue weighted by atomic mass is 9.53. The van der Waals surface area contributed by atoms with Crippen molar-refractivity contribution in [2.45, 2.75) is 88.0 Å². The molecule has 10 atom stereocenters. The second kappa shape index (κ2) is 12.4. The fourth-order valence-electron chi connectivity index (χ4n) is 7.88. The molecule has 0 amide bonds. The number of likely N-dealkylation sites (N-methyl/N-ethyl adjacent to an activating group) is 1. The van der Waals surface area contributed by atoms with Crippen molar-refractivity contribution in [1.82, 2.24) is 4.90 Å². The maximum absolute atomic E-state index is 13.0. The Morgan fingerprint density at radius 1 is 0.894 bits per heavy atom. The van der Waals surface area contributed by atoms with Crippen molar-refractivity contribution < 1.29 is 66.6 Å². The maximum atomic E-state index is 13.0. The number of piperidine rings is 1. The van der Waals surface area contributed by atoms with Gasteiger partial charge in [-0.1, -0.05) is 18.2 Å². The molecule has 15 nitrogen and oxygen atoms in total. The second-order valence-corrected chi connectivity index (χ2v) is 12.2. The van der Waals surface area contributed by atoms with E-state index in [4.69, 9.17) is 42.6 Å². The molecule has 1 aromatic carbocycles. The number of rotatable bonds is 7. The first-order chi connectivity index (χ1) is 22.4. The summed E-state index contributed by atoms with van der Waals surface area (Å²) in [5.74, 6) is -2.70. The number of carbonyl (C=O) groups is 5. The molecule has 0 radical (unpaired) electrons. The monoisotopic (exact) mass is 659 g/mol. The van der Waals surface area contributed by atoms with Gasteiger partial charge in [0.15, 0.2) is 35.9 Å². The van der Waals surface area contributed by atoms with Crippen LogP contribution in [0.25, 0.3) is 0 Å². The zero-order valence-corrected chi connectivity index (χ0v) is 26.8. The molecule has 1 spiro atoms.